The van der Waals surface area contributed by atoms with Crippen molar-refractivity contribution in [3.8, 4) is 17.1 Å². The summed E-state index contributed by atoms with van der Waals surface area (Å²) in [5.41, 5.74) is 4.35. The maximum Gasteiger partial charge on any atom is 0.319 e. The molecule has 0 amide bonds. The van der Waals surface area contributed by atoms with Crippen LogP contribution < -0.4 is 0 Å². The van der Waals surface area contributed by atoms with E-state index in [0.29, 0.717) is 18.2 Å². The van der Waals surface area contributed by atoms with E-state index in [1.165, 1.54) is 22.9 Å². The zero-order valence-corrected chi connectivity index (χ0v) is 15.5. The Balaban J connectivity index is 1.80. The highest BCUT2D eigenvalue weighted by Crippen LogP contribution is 2.33. The monoisotopic (exact) mass is 365 g/mol. The molecule has 0 N–H and O–H groups in total. The summed E-state index contributed by atoms with van der Waals surface area (Å²) in [6.07, 6.45) is 0.699. The molecule has 3 aromatic rings. The fourth-order valence-corrected chi connectivity index (χ4v) is 3.89. The van der Waals surface area contributed by atoms with Crippen molar-refractivity contribution < 1.29 is 9.53 Å². The van der Waals surface area contributed by atoms with Gasteiger partial charge in [0.1, 0.15) is 5.25 Å². The normalized spacial score (nSPS) is 16.7. The van der Waals surface area contributed by atoms with Crippen LogP contribution in [0.3, 0.4) is 0 Å². The lowest BCUT2D eigenvalue weighted by molar-refractivity contribution is -0.137. The van der Waals surface area contributed by atoms with E-state index in [-0.39, 0.29) is 11.2 Å². The largest absolute Gasteiger partial charge is 0.465 e. The summed E-state index contributed by atoms with van der Waals surface area (Å²) in [6.45, 7) is 4.59. The molecule has 0 unspecified atom stereocenters. The molecule has 132 valence electrons. The zero-order valence-electron chi connectivity index (χ0n) is 14.7. The van der Waals surface area contributed by atoms with Crippen molar-refractivity contribution >= 4 is 17.7 Å². The number of ether oxygens (including phenoxy) is 1. The van der Waals surface area contributed by atoms with Crippen molar-refractivity contribution in [2.75, 3.05) is 6.61 Å². The third-order valence-corrected chi connectivity index (χ3v) is 5.56. The molecule has 1 aromatic heterocycles. The molecule has 1 atom stereocenters. The second-order valence-corrected chi connectivity index (χ2v) is 7.58. The Morgan fingerprint density at radius 1 is 1.00 bits per heavy atom. The molecule has 1 aliphatic rings. The molecular formula is C20H19N3O2S. The minimum absolute atomic E-state index is 0.176. The van der Waals surface area contributed by atoms with Gasteiger partial charge in [-0.3, -0.25) is 9.36 Å². The molecule has 5 nitrogen and oxygen atoms in total. The number of carbonyl (C=O) groups excluding carboxylic acids is 1. The number of esters is 1. The first-order chi connectivity index (χ1) is 12.6. The van der Waals surface area contributed by atoms with Crippen LogP contribution in [0.1, 0.15) is 17.5 Å². The predicted octanol–water partition coefficient (Wildman–Crippen LogP) is 3.96. The molecule has 26 heavy (non-hydrogen) atoms. The summed E-state index contributed by atoms with van der Waals surface area (Å²) in [6, 6.07) is 16.4. The highest BCUT2D eigenvalue weighted by Gasteiger charge is 2.30. The van der Waals surface area contributed by atoms with Crippen LogP contribution in [0, 0.1) is 13.8 Å². The molecule has 1 aliphatic heterocycles. The van der Waals surface area contributed by atoms with Crippen LogP contribution in [0.4, 0.5) is 0 Å². The third kappa shape index (κ3) is 3.24. The number of thioether (sulfide) groups is 1. The summed E-state index contributed by atoms with van der Waals surface area (Å²) in [7, 11) is 0. The number of hydrogen-bond donors (Lipinski definition) is 0. The lowest BCUT2D eigenvalue weighted by Gasteiger charge is -2.12. The van der Waals surface area contributed by atoms with E-state index in [1.807, 2.05) is 28.8 Å². The molecule has 0 spiro atoms. The number of rotatable bonds is 4. The van der Waals surface area contributed by atoms with Gasteiger partial charge in [0, 0.05) is 17.7 Å². The van der Waals surface area contributed by atoms with E-state index >= 15 is 0 Å². The van der Waals surface area contributed by atoms with Crippen LogP contribution >= 0.6 is 11.8 Å². The Kier molecular flexibility index (Phi) is 4.51. The Labute approximate surface area is 156 Å². The highest BCUT2D eigenvalue weighted by atomic mass is 32.2. The van der Waals surface area contributed by atoms with Gasteiger partial charge in [-0.2, -0.15) is 0 Å². The summed E-state index contributed by atoms with van der Waals surface area (Å²) in [4.78, 5) is 11.9. The molecule has 0 radical (unpaired) electrons. The summed E-state index contributed by atoms with van der Waals surface area (Å²) in [5.74, 6) is 0.591. The molecule has 0 aliphatic carbocycles. The number of aromatic nitrogens is 3. The molecule has 1 fully saturated rings. The van der Waals surface area contributed by atoms with Crippen molar-refractivity contribution in [2.24, 2.45) is 0 Å². The number of nitrogens with zero attached hydrogens (tertiary/aromatic N) is 3. The van der Waals surface area contributed by atoms with Crippen LogP contribution in [0.15, 0.2) is 53.7 Å². The number of benzene rings is 2. The van der Waals surface area contributed by atoms with Gasteiger partial charge in [-0.05, 0) is 26.0 Å². The van der Waals surface area contributed by atoms with Gasteiger partial charge >= 0.3 is 5.97 Å². The molecule has 4 rings (SSSR count). The SMILES string of the molecule is Cc1ccc(-c2nnc(S[C@H]3CCOC3=O)n2-c2ccc(C)cc2)cc1. The molecule has 1 saturated heterocycles. The maximum atomic E-state index is 11.9. The number of carbonyl (C=O) groups is 1. The second kappa shape index (κ2) is 6.96. The van der Waals surface area contributed by atoms with E-state index in [2.05, 4.69) is 48.3 Å². The zero-order chi connectivity index (χ0) is 18.1. The van der Waals surface area contributed by atoms with Crippen molar-refractivity contribution in [2.45, 2.75) is 30.7 Å². The quantitative estimate of drug-likeness (QED) is 0.655. The molecule has 2 heterocycles. The molecular weight excluding hydrogens is 346 g/mol. The Bertz CT molecular complexity index is 933. The highest BCUT2D eigenvalue weighted by molar-refractivity contribution is 8.00. The third-order valence-electron chi connectivity index (χ3n) is 4.37. The predicted molar refractivity (Wildman–Crippen MR) is 101 cm³/mol. The van der Waals surface area contributed by atoms with Gasteiger partial charge in [0.2, 0.25) is 0 Å². The van der Waals surface area contributed by atoms with Crippen LogP contribution in [-0.4, -0.2) is 32.6 Å². The second-order valence-electron chi connectivity index (χ2n) is 6.41. The van der Waals surface area contributed by atoms with Crippen molar-refractivity contribution in [1.82, 2.24) is 14.8 Å². The van der Waals surface area contributed by atoms with Gasteiger partial charge in [-0.1, -0.05) is 59.3 Å². The van der Waals surface area contributed by atoms with E-state index in [4.69, 9.17) is 4.74 Å². The van der Waals surface area contributed by atoms with Crippen LogP contribution in [0.2, 0.25) is 0 Å². The van der Waals surface area contributed by atoms with Gasteiger partial charge in [-0.15, -0.1) is 10.2 Å². The van der Waals surface area contributed by atoms with Gasteiger partial charge in [0.15, 0.2) is 11.0 Å². The van der Waals surface area contributed by atoms with Crippen molar-refractivity contribution in [3.05, 3.63) is 59.7 Å². The molecule has 0 saturated carbocycles. The van der Waals surface area contributed by atoms with Gasteiger partial charge < -0.3 is 4.74 Å². The Hall–Kier alpha value is -2.60. The van der Waals surface area contributed by atoms with Gasteiger partial charge in [-0.25, -0.2) is 0 Å². The van der Waals surface area contributed by atoms with E-state index in [1.54, 1.807) is 0 Å². The number of aryl methyl sites for hydroxylation is 2. The van der Waals surface area contributed by atoms with E-state index < -0.39 is 0 Å². The number of cyclic esters (lactones) is 1. The average Bonchev–Trinajstić information content (AvgIpc) is 3.24. The first kappa shape index (κ1) is 16.8. The lowest BCUT2D eigenvalue weighted by atomic mass is 10.1. The fraction of sp³-hybridized carbons (Fsp3) is 0.250. The van der Waals surface area contributed by atoms with Crippen molar-refractivity contribution in [3.63, 3.8) is 0 Å². The van der Waals surface area contributed by atoms with Gasteiger partial charge in [0.05, 0.1) is 6.61 Å². The summed E-state index contributed by atoms with van der Waals surface area (Å²) >= 11 is 1.42. The van der Waals surface area contributed by atoms with E-state index in [9.17, 15) is 4.79 Å². The number of hydrogen-bond acceptors (Lipinski definition) is 5. The Morgan fingerprint density at radius 2 is 1.65 bits per heavy atom. The molecule has 2 aromatic carbocycles. The van der Waals surface area contributed by atoms with Crippen LogP contribution in [-0.2, 0) is 9.53 Å². The average molecular weight is 365 g/mol. The van der Waals surface area contributed by atoms with Gasteiger partial charge in [0.25, 0.3) is 0 Å². The lowest BCUT2D eigenvalue weighted by Crippen LogP contribution is -2.11. The van der Waals surface area contributed by atoms with Crippen LogP contribution in [0.25, 0.3) is 17.1 Å². The molecule has 6 heteroatoms. The topological polar surface area (TPSA) is 57.0 Å². The maximum absolute atomic E-state index is 11.9. The summed E-state index contributed by atoms with van der Waals surface area (Å²) in [5, 5.41) is 9.28. The van der Waals surface area contributed by atoms with Crippen LogP contribution in [0.5, 0.6) is 0 Å². The van der Waals surface area contributed by atoms with E-state index in [0.717, 1.165) is 17.1 Å². The first-order valence-electron chi connectivity index (χ1n) is 8.54. The van der Waals surface area contributed by atoms with Crippen molar-refractivity contribution in [1.29, 1.82) is 0 Å². The fourth-order valence-electron chi connectivity index (χ4n) is 2.87. The summed E-state index contributed by atoms with van der Waals surface area (Å²) < 4.78 is 7.10. The molecule has 0 bridgehead atoms. The Morgan fingerprint density at radius 3 is 2.27 bits per heavy atom. The minimum atomic E-state index is -0.228. The minimum Gasteiger partial charge on any atom is -0.465 e. The first-order valence-corrected chi connectivity index (χ1v) is 9.42. The standard InChI is InChI=1S/C20H19N3O2S/c1-13-3-7-15(8-4-13)18-21-22-20(26-17-11-12-25-19(17)24)23(18)16-9-5-14(2)6-10-16/h3-10,17H,11-12H2,1-2H3/t17-/m0/s1. The smallest absolute Gasteiger partial charge is 0.319 e.